The number of likely N-dealkylation sites (tertiary alicyclic amines) is 1. The van der Waals surface area contributed by atoms with Crippen molar-refractivity contribution in [3.05, 3.63) is 11.9 Å². The van der Waals surface area contributed by atoms with Crippen molar-refractivity contribution in [3.8, 4) is 0 Å². The molecule has 0 saturated carbocycles. The minimum absolute atomic E-state index is 0.153. The fourth-order valence-corrected chi connectivity index (χ4v) is 4.20. The van der Waals surface area contributed by atoms with Gasteiger partial charge >= 0.3 is 13.7 Å². The number of carbonyl (C=O) groups is 1. The molecule has 140 valence electrons. The monoisotopic (exact) mass is 361 g/mol. The van der Waals surface area contributed by atoms with Gasteiger partial charge in [0.25, 0.3) is 0 Å². The molecule has 0 spiro atoms. The van der Waals surface area contributed by atoms with Crippen molar-refractivity contribution in [2.45, 2.75) is 85.2 Å². The number of rotatable bonds is 6. The van der Waals surface area contributed by atoms with Gasteiger partial charge in [-0.05, 0) is 61.3 Å². The first-order valence-electron chi connectivity index (χ1n) is 8.57. The molecule has 6 nitrogen and oxygen atoms in total. The van der Waals surface area contributed by atoms with Crippen LogP contribution in [0.5, 0.6) is 0 Å². The van der Waals surface area contributed by atoms with E-state index in [1.54, 1.807) is 11.0 Å². The van der Waals surface area contributed by atoms with E-state index < -0.39 is 13.2 Å². The van der Waals surface area contributed by atoms with Gasteiger partial charge in [-0.2, -0.15) is 0 Å². The van der Waals surface area contributed by atoms with Crippen LogP contribution in [0.25, 0.3) is 0 Å². The quantitative estimate of drug-likeness (QED) is 0.627. The molecule has 1 saturated heterocycles. The fraction of sp³-hybridized carbons (Fsp3) is 0.824. The van der Waals surface area contributed by atoms with E-state index in [-0.39, 0.29) is 24.3 Å². The molecule has 1 atom stereocenters. The van der Waals surface area contributed by atoms with Crippen LogP contribution >= 0.6 is 7.60 Å². The minimum atomic E-state index is -3.34. The lowest BCUT2D eigenvalue weighted by molar-refractivity contribution is 0.0255. The Labute approximate surface area is 146 Å². The lowest BCUT2D eigenvalue weighted by Gasteiger charge is -2.27. The summed E-state index contributed by atoms with van der Waals surface area (Å²) in [5.41, 5.74) is -0.537. The minimum Gasteiger partial charge on any atom is -0.444 e. The molecule has 0 aromatic rings. The highest BCUT2D eigenvalue weighted by Gasteiger charge is 2.32. The number of amides is 1. The van der Waals surface area contributed by atoms with Gasteiger partial charge in [0.1, 0.15) is 5.60 Å². The second-order valence-electron chi connectivity index (χ2n) is 7.57. The van der Waals surface area contributed by atoms with Crippen LogP contribution in [0.1, 0.15) is 61.3 Å². The first-order valence-corrected chi connectivity index (χ1v) is 10.2. The Hall–Kier alpha value is -0.840. The van der Waals surface area contributed by atoms with Crippen LogP contribution in [0.4, 0.5) is 4.79 Å². The van der Waals surface area contributed by atoms with Crippen molar-refractivity contribution >= 4 is 13.7 Å². The number of ether oxygens (including phenoxy) is 1. The van der Waals surface area contributed by atoms with E-state index in [1.807, 2.05) is 48.5 Å². The van der Waals surface area contributed by atoms with Gasteiger partial charge < -0.3 is 18.7 Å². The zero-order chi connectivity index (χ0) is 18.5. The fourth-order valence-electron chi connectivity index (χ4n) is 2.43. The van der Waals surface area contributed by atoms with Crippen LogP contribution in [-0.2, 0) is 18.3 Å². The maximum absolute atomic E-state index is 12.8. The first kappa shape index (κ1) is 21.2. The maximum Gasteiger partial charge on any atom is 0.410 e. The molecule has 0 aromatic heterocycles. The Kier molecular flexibility index (Phi) is 7.51. The predicted molar refractivity (Wildman–Crippen MR) is 95.2 cm³/mol. The third kappa shape index (κ3) is 7.37. The van der Waals surface area contributed by atoms with Crippen molar-refractivity contribution in [1.82, 2.24) is 4.90 Å². The Bertz CT molecular complexity index is 482. The summed E-state index contributed by atoms with van der Waals surface area (Å²) in [6.07, 6.45) is 2.66. The summed E-state index contributed by atoms with van der Waals surface area (Å²) >= 11 is 0. The van der Waals surface area contributed by atoms with Gasteiger partial charge in [0.05, 0.1) is 18.2 Å². The zero-order valence-corrected chi connectivity index (χ0v) is 16.8. The number of hydrogen-bond acceptors (Lipinski definition) is 5. The van der Waals surface area contributed by atoms with Crippen LogP contribution in [0.2, 0.25) is 0 Å². The molecule has 0 aliphatic carbocycles. The molecule has 0 radical (unpaired) electrons. The van der Waals surface area contributed by atoms with Crippen LogP contribution in [0.3, 0.4) is 0 Å². The summed E-state index contributed by atoms with van der Waals surface area (Å²) in [6.45, 7) is 13.4. The SMILES string of the molecule is CC(C)OP(=O)(/C=C/[C@@H]1CCCN1C(=O)OC(C)(C)C)OC(C)C. The summed E-state index contributed by atoms with van der Waals surface area (Å²) < 4.78 is 29.3. The maximum atomic E-state index is 12.8. The van der Waals surface area contributed by atoms with Gasteiger partial charge in [0, 0.05) is 12.4 Å². The molecule has 1 amide bonds. The van der Waals surface area contributed by atoms with Gasteiger partial charge in [-0.3, -0.25) is 4.57 Å². The van der Waals surface area contributed by atoms with Crippen molar-refractivity contribution in [1.29, 1.82) is 0 Å². The molecular formula is C17H32NO5P. The van der Waals surface area contributed by atoms with Crippen molar-refractivity contribution < 1.29 is 23.1 Å². The highest BCUT2D eigenvalue weighted by atomic mass is 31.2. The van der Waals surface area contributed by atoms with Gasteiger partial charge in [0.15, 0.2) is 0 Å². The van der Waals surface area contributed by atoms with E-state index >= 15 is 0 Å². The molecule has 1 heterocycles. The molecular weight excluding hydrogens is 329 g/mol. The summed E-state index contributed by atoms with van der Waals surface area (Å²) in [6, 6.07) is -0.153. The van der Waals surface area contributed by atoms with Gasteiger partial charge in [-0.1, -0.05) is 6.08 Å². The molecule has 1 rings (SSSR count). The molecule has 1 fully saturated rings. The number of hydrogen-bond donors (Lipinski definition) is 0. The lowest BCUT2D eigenvalue weighted by Crippen LogP contribution is -2.39. The molecule has 0 N–H and O–H groups in total. The van der Waals surface area contributed by atoms with Crippen LogP contribution in [-0.4, -0.2) is 41.4 Å². The molecule has 0 bridgehead atoms. The predicted octanol–water partition coefficient (Wildman–Crippen LogP) is 4.94. The highest BCUT2D eigenvalue weighted by Crippen LogP contribution is 2.52. The van der Waals surface area contributed by atoms with E-state index in [1.165, 1.54) is 5.82 Å². The third-order valence-corrected chi connectivity index (χ3v) is 5.10. The highest BCUT2D eigenvalue weighted by molar-refractivity contribution is 7.57. The Morgan fingerprint density at radius 1 is 1.17 bits per heavy atom. The largest absolute Gasteiger partial charge is 0.444 e. The summed E-state index contributed by atoms with van der Waals surface area (Å²) in [4.78, 5) is 14.0. The molecule has 24 heavy (non-hydrogen) atoms. The van der Waals surface area contributed by atoms with Gasteiger partial charge in [0.2, 0.25) is 0 Å². The molecule has 7 heteroatoms. The van der Waals surface area contributed by atoms with E-state index in [0.717, 1.165) is 12.8 Å². The van der Waals surface area contributed by atoms with Crippen molar-refractivity contribution in [2.75, 3.05) is 6.54 Å². The zero-order valence-electron chi connectivity index (χ0n) is 15.9. The molecule has 0 unspecified atom stereocenters. The van der Waals surface area contributed by atoms with Crippen LogP contribution in [0.15, 0.2) is 11.9 Å². The third-order valence-electron chi connectivity index (χ3n) is 3.13. The number of carbonyl (C=O) groups excluding carboxylic acids is 1. The standard InChI is InChI=1S/C17H32NO5P/c1-13(2)22-24(20,23-14(3)4)12-10-15-9-8-11-18(15)16(19)21-17(5,6)7/h10,12-15H,8-9,11H2,1-7H3/b12-10+/t15-/m0/s1. The van der Waals surface area contributed by atoms with Crippen molar-refractivity contribution in [2.24, 2.45) is 0 Å². The van der Waals surface area contributed by atoms with E-state index in [2.05, 4.69) is 0 Å². The average molecular weight is 361 g/mol. The second kappa shape index (κ2) is 8.50. The summed E-state index contributed by atoms with van der Waals surface area (Å²) in [7, 11) is -3.34. The normalized spacial score (nSPS) is 19.7. The average Bonchev–Trinajstić information content (AvgIpc) is 2.80. The van der Waals surface area contributed by atoms with Crippen molar-refractivity contribution in [3.63, 3.8) is 0 Å². The topological polar surface area (TPSA) is 65.1 Å². The van der Waals surface area contributed by atoms with E-state index in [9.17, 15) is 9.36 Å². The summed E-state index contributed by atoms with van der Waals surface area (Å²) in [5, 5.41) is 0. The molecule has 1 aliphatic heterocycles. The van der Waals surface area contributed by atoms with Crippen LogP contribution in [0, 0.1) is 0 Å². The Morgan fingerprint density at radius 2 is 1.71 bits per heavy atom. The first-order chi connectivity index (χ1) is 10.9. The smallest absolute Gasteiger partial charge is 0.410 e. The van der Waals surface area contributed by atoms with E-state index in [4.69, 9.17) is 13.8 Å². The molecule has 1 aliphatic rings. The lowest BCUT2D eigenvalue weighted by atomic mass is 10.2. The van der Waals surface area contributed by atoms with Gasteiger partial charge in [-0.25, -0.2) is 4.79 Å². The summed E-state index contributed by atoms with van der Waals surface area (Å²) in [5.74, 6) is 1.49. The second-order valence-corrected chi connectivity index (χ2v) is 9.37. The Morgan fingerprint density at radius 3 is 2.17 bits per heavy atom. The molecule has 0 aromatic carbocycles. The Balaban J connectivity index is 2.84. The van der Waals surface area contributed by atoms with Gasteiger partial charge in [-0.15, -0.1) is 0 Å². The van der Waals surface area contributed by atoms with Crippen LogP contribution < -0.4 is 0 Å². The van der Waals surface area contributed by atoms with E-state index in [0.29, 0.717) is 6.54 Å². The number of nitrogens with zero attached hydrogens (tertiary/aromatic N) is 1.